The first-order valence-electron chi connectivity index (χ1n) is 8.68. The van der Waals surface area contributed by atoms with Crippen LogP contribution in [0.2, 0.25) is 5.02 Å². The molecular formula is C21H23ClN2O. The monoisotopic (exact) mass is 354 g/mol. The molecule has 0 spiro atoms. The minimum atomic E-state index is -0.575. The van der Waals surface area contributed by atoms with Crippen LogP contribution in [-0.2, 0) is 0 Å². The van der Waals surface area contributed by atoms with E-state index in [1.807, 2.05) is 54.6 Å². The molecule has 1 aromatic heterocycles. The smallest absolute Gasteiger partial charge is 0.0924 e. The van der Waals surface area contributed by atoms with Crippen molar-refractivity contribution in [3.63, 3.8) is 0 Å². The molecule has 1 heterocycles. The molecule has 1 atom stereocenters. The van der Waals surface area contributed by atoms with Crippen molar-refractivity contribution in [2.24, 2.45) is 0 Å². The lowest BCUT2D eigenvalue weighted by Crippen LogP contribution is -2.28. The van der Waals surface area contributed by atoms with Gasteiger partial charge in [0.05, 0.1) is 17.3 Å². The number of pyridine rings is 1. The molecule has 2 aromatic carbocycles. The maximum atomic E-state index is 10.9. The SMILES string of the molecule is CCN(CC)C[C@@H](O)c1cc(-c2ccccc2)nc2cc(Cl)ccc12. The molecule has 3 rings (SSSR count). The van der Waals surface area contributed by atoms with Gasteiger partial charge in [0.2, 0.25) is 0 Å². The van der Waals surface area contributed by atoms with Crippen molar-refractivity contribution in [3.8, 4) is 11.3 Å². The number of aliphatic hydroxyl groups excluding tert-OH is 1. The Bertz CT molecular complexity index is 847. The Hall–Kier alpha value is -1.94. The van der Waals surface area contributed by atoms with E-state index in [9.17, 15) is 5.11 Å². The van der Waals surface area contributed by atoms with Crippen LogP contribution in [0.1, 0.15) is 25.5 Å². The summed E-state index contributed by atoms with van der Waals surface area (Å²) in [4.78, 5) is 6.98. The predicted molar refractivity (Wildman–Crippen MR) is 105 cm³/mol. The van der Waals surface area contributed by atoms with Gasteiger partial charge in [0.1, 0.15) is 0 Å². The van der Waals surface area contributed by atoms with Crippen LogP contribution >= 0.6 is 11.6 Å². The van der Waals surface area contributed by atoms with E-state index < -0.39 is 6.10 Å². The zero-order chi connectivity index (χ0) is 17.8. The second kappa shape index (κ2) is 7.96. The molecule has 1 N–H and O–H groups in total. The Morgan fingerprint density at radius 3 is 2.44 bits per heavy atom. The Kier molecular flexibility index (Phi) is 5.69. The number of rotatable bonds is 6. The Labute approximate surface area is 153 Å². The summed E-state index contributed by atoms with van der Waals surface area (Å²) in [6.45, 7) is 6.64. The fraction of sp³-hybridized carbons (Fsp3) is 0.286. The maximum Gasteiger partial charge on any atom is 0.0924 e. The van der Waals surface area contributed by atoms with E-state index in [1.165, 1.54) is 0 Å². The topological polar surface area (TPSA) is 36.4 Å². The van der Waals surface area contributed by atoms with Gasteiger partial charge in [-0.2, -0.15) is 0 Å². The number of hydrogen-bond donors (Lipinski definition) is 1. The molecule has 0 aliphatic carbocycles. The van der Waals surface area contributed by atoms with E-state index in [0.717, 1.165) is 40.8 Å². The van der Waals surface area contributed by atoms with Gasteiger partial charge in [-0.1, -0.05) is 61.8 Å². The molecule has 0 fully saturated rings. The highest BCUT2D eigenvalue weighted by molar-refractivity contribution is 6.31. The van der Waals surface area contributed by atoms with Gasteiger partial charge < -0.3 is 10.0 Å². The van der Waals surface area contributed by atoms with Gasteiger partial charge in [0, 0.05) is 22.5 Å². The molecule has 0 aliphatic rings. The molecule has 0 bridgehead atoms. The number of benzene rings is 2. The third-order valence-electron chi connectivity index (χ3n) is 4.56. The minimum Gasteiger partial charge on any atom is -0.387 e. The Morgan fingerprint density at radius 1 is 1.04 bits per heavy atom. The van der Waals surface area contributed by atoms with Crippen molar-refractivity contribution in [2.45, 2.75) is 20.0 Å². The average Bonchev–Trinajstić information content (AvgIpc) is 2.65. The highest BCUT2D eigenvalue weighted by Crippen LogP contribution is 2.30. The largest absolute Gasteiger partial charge is 0.387 e. The molecule has 0 aliphatic heterocycles. The van der Waals surface area contributed by atoms with E-state index in [0.29, 0.717) is 11.6 Å². The normalized spacial score (nSPS) is 12.7. The number of aromatic nitrogens is 1. The van der Waals surface area contributed by atoms with E-state index in [-0.39, 0.29) is 0 Å². The number of fused-ring (bicyclic) bond motifs is 1. The van der Waals surface area contributed by atoms with E-state index >= 15 is 0 Å². The molecule has 0 saturated carbocycles. The summed E-state index contributed by atoms with van der Waals surface area (Å²) in [5.41, 5.74) is 3.58. The summed E-state index contributed by atoms with van der Waals surface area (Å²) >= 11 is 6.17. The first kappa shape index (κ1) is 17.9. The number of halogens is 1. The van der Waals surface area contributed by atoms with Gasteiger partial charge in [-0.05, 0) is 36.9 Å². The fourth-order valence-corrected chi connectivity index (χ4v) is 3.25. The molecule has 0 amide bonds. The van der Waals surface area contributed by atoms with Gasteiger partial charge >= 0.3 is 0 Å². The van der Waals surface area contributed by atoms with E-state index in [4.69, 9.17) is 16.6 Å². The van der Waals surface area contributed by atoms with Gasteiger partial charge in [-0.15, -0.1) is 0 Å². The quantitative estimate of drug-likeness (QED) is 0.681. The molecule has 3 nitrogen and oxygen atoms in total. The maximum absolute atomic E-state index is 10.9. The number of hydrogen-bond acceptors (Lipinski definition) is 3. The molecule has 3 aromatic rings. The van der Waals surface area contributed by atoms with Crippen molar-refractivity contribution >= 4 is 22.5 Å². The third-order valence-corrected chi connectivity index (χ3v) is 4.79. The summed E-state index contributed by atoms with van der Waals surface area (Å²) in [7, 11) is 0. The molecule has 0 radical (unpaired) electrons. The molecule has 4 heteroatoms. The van der Waals surface area contributed by atoms with E-state index in [2.05, 4.69) is 18.7 Å². The van der Waals surface area contributed by atoms with E-state index in [1.54, 1.807) is 0 Å². The van der Waals surface area contributed by atoms with Crippen LogP contribution in [-0.4, -0.2) is 34.6 Å². The van der Waals surface area contributed by atoms with Crippen molar-refractivity contribution in [3.05, 3.63) is 65.2 Å². The van der Waals surface area contributed by atoms with Crippen molar-refractivity contribution in [1.29, 1.82) is 0 Å². The summed E-state index contributed by atoms with van der Waals surface area (Å²) in [5.74, 6) is 0. The van der Waals surface area contributed by atoms with Crippen LogP contribution < -0.4 is 0 Å². The molecule has 25 heavy (non-hydrogen) atoms. The lowest BCUT2D eigenvalue weighted by atomic mass is 10.00. The molecule has 130 valence electrons. The molecule has 0 unspecified atom stereocenters. The van der Waals surface area contributed by atoms with Crippen LogP contribution in [0, 0.1) is 0 Å². The number of likely N-dealkylation sites (N-methyl/N-ethyl adjacent to an activating group) is 1. The van der Waals surface area contributed by atoms with Gasteiger partial charge in [-0.25, -0.2) is 4.98 Å². The zero-order valence-corrected chi connectivity index (χ0v) is 15.4. The van der Waals surface area contributed by atoms with Crippen LogP contribution in [0.3, 0.4) is 0 Å². The summed E-state index contributed by atoms with van der Waals surface area (Å²) in [6, 6.07) is 17.7. The lowest BCUT2D eigenvalue weighted by molar-refractivity contribution is 0.120. The Morgan fingerprint density at radius 2 is 1.76 bits per heavy atom. The van der Waals surface area contributed by atoms with Crippen LogP contribution in [0.25, 0.3) is 22.2 Å². The molecular weight excluding hydrogens is 332 g/mol. The van der Waals surface area contributed by atoms with Crippen molar-refractivity contribution < 1.29 is 5.11 Å². The standard InChI is InChI=1S/C21H23ClN2O/c1-3-24(4-2)14-21(25)18-13-19(15-8-6-5-7-9-15)23-20-12-16(22)10-11-17(18)20/h5-13,21,25H,3-4,14H2,1-2H3/t21-/m1/s1. The van der Waals surface area contributed by atoms with Crippen LogP contribution in [0.15, 0.2) is 54.6 Å². The lowest BCUT2D eigenvalue weighted by Gasteiger charge is -2.23. The van der Waals surface area contributed by atoms with Crippen molar-refractivity contribution in [2.75, 3.05) is 19.6 Å². The minimum absolute atomic E-state index is 0.575. The summed E-state index contributed by atoms with van der Waals surface area (Å²) < 4.78 is 0. The van der Waals surface area contributed by atoms with Crippen molar-refractivity contribution in [1.82, 2.24) is 9.88 Å². The predicted octanol–water partition coefficient (Wildman–Crippen LogP) is 4.93. The highest BCUT2D eigenvalue weighted by Gasteiger charge is 2.17. The van der Waals surface area contributed by atoms with Crippen LogP contribution in [0.5, 0.6) is 0 Å². The highest BCUT2D eigenvalue weighted by atomic mass is 35.5. The van der Waals surface area contributed by atoms with Gasteiger partial charge in [0.15, 0.2) is 0 Å². The van der Waals surface area contributed by atoms with Gasteiger partial charge in [-0.3, -0.25) is 0 Å². The zero-order valence-electron chi connectivity index (χ0n) is 14.6. The first-order valence-corrected chi connectivity index (χ1v) is 9.06. The molecule has 0 saturated heterocycles. The number of nitrogens with zero attached hydrogens (tertiary/aromatic N) is 2. The number of aliphatic hydroxyl groups is 1. The Balaban J connectivity index is 2.12. The fourth-order valence-electron chi connectivity index (χ4n) is 3.09. The second-order valence-electron chi connectivity index (χ2n) is 6.13. The van der Waals surface area contributed by atoms with Gasteiger partial charge in [0.25, 0.3) is 0 Å². The first-order chi connectivity index (χ1) is 12.1. The van der Waals surface area contributed by atoms with Crippen LogP contribution in [0.4, 0.5) is 0 Å². The third kappa shape index (κ3) is 4.01. The second-order valence-corrected chi connectivity index (χ2v) is 6.56. The summed E-state index contributed by atoms with van der Waals surface area (Å²) in [5, 5.41) is 12.5. The summed E-state index contributed by atoms with van der Waals surface area (Å²) in [6.07, 6.45) is -0.575. The average molecular weight is 355 g/mol.